The first-order chi connectivity index (χ1) is 12.9. The van der Waals surface area contributed by atoms with E-state index in [1.165, 1.54) is 5.56 Å². The first kappa shape index (κ1) is 24.6. The summed E-state index contributed by atoms with van der Waals surface area (Å²) in [4.78, 5) is 9.94. The molecule has 10 heteroatoms. The molecule has 0 atom stereocenters. The number of benzene rings is 1. The van der Waals surface area contributed by atoms with Crippen LogP contribution in [0.25, 0.3) is 0 Å². The highest BCUT2D eigenvalue weighted by Gasteiger charge is 2.33. The van der Waals surface area contributed by atoms with Crippen LogP contribution in [0.3, 0.4) is 0 Å². The lowest BCUT2D eigenvalue weighted by molar-refractivity contribution is -0.140. The maximum atomic E-state index is 12.5. The van der Waals surface area contributed by atoms with E-state index in [0.29, 0.717) is 30.5 Å². The van der Waals surface area contributed by atoms with E-state index in [-0.39, 0.29) is 24.0 Å². The second kappa shape index (κ2) is 12.2. The molecule has 0 aliphatic rings. The molecule has 0 fully saturated rings. The molecule has 0 saturated heterocycles. The van der Waals surface area contributed by atoms with Gasteiger partial charge in [0.15, 0.2) is 11.7 Å². The maximum Gasteiger partial charge on any atom is 0.434 e. The number of hydrogen-bond donors (Lipinski definition) is 2. The molecule has 0 amide bonds. The molecule has 0 spiro atoms. The molecular weight excluding hydrogens is 502 g/mol. The van der Waals surface area contributed by atoms with Crippen molar-refractivity contribution in [3.05, 3.63) is 52.0 Å². The van der Waals surface area contributed by atoms with E-state index in [1.807, 2.05) is 25.2 Å². The smallest absolute Gasteiger partial charge is 0.356 e. The van der Waals surface area contributed by atoms with E-state index in [9.17, 15) is 13.2 Å². The number of thiazole rings is 1. The summed E-state index contributed by atoms with van der Waals surface area (Å²) in [6.07, 6.45) is -3.97. The minimum Gasteiger partial charge on any atom is -0.356 e. The van der Waals surface area contributed by atoms with Gasteiger partial charge in [0.25, 0.3) is 0 Å². The molecule has 2 aromatic rings. The number of aliphatic imine (C=N–C) groups is 1. The number of rotatable bonds is 8. The van der Waals surface area contributed by atoms with Crippen LogP contribution in [0, 0.1) is 0 Å². The van der Waals surface area contributed by atoms with Gasteiger partial charge in [0.05, 0.1) is 5.01 Å². The second-order valence-corrected chi connectivity index (χ2v) is 6.97. The van der Waals surface area contributed by atoms with Crippen LogP contribution in [-0.4, -0.2) is 49.6 Å². The molecule has 2 rings (SSSR count). The molecule has 5 nitrogen and oxygen atoms in total. The number of alkyl halides is 3. The van der Waals surface area contributed by atoms with Crippen LogP contribution in [0.2, 0.25) is 0 Å². The topological polar surface area (TPSA) is 52.6 Å². The summed E-state index contributed by atoms with van der Waals surface area (Å²) in [6.45, 7) is 2.86. The number of halogens is 4. The number of guanidine groups is 1. The Balaban J connectivity index is 0.00000392. The Hall–Kier alpha value is -1.40. The van der Waals surface area contributed by atoms with Gasteiger partial charge in [-0.2, -0.15) is 13.2 Å². The average Bonchev–Trinajstić information content (AvgIpc) is 3.10. The van der Waals surface area contributed by atoms with E-state index < -0.39 is 11.9 Å². The van der Waals surface area contributed by atoms with Gasteiger partial charge in [-0.3, -0.25) is 4.99 Å². The number of nitrogens with one attached hydrogen (secondary N) is 2. The molecule has 2 N–H and O–H groups in total. The van der Waals surface area contributed by atoms with Gasteiger partial charge in [-0.05, 0) is 12.6 Å². The van der Waals surface area contributed by atoms with Gasteiger partial charge in [-0.15, -0.1) is 35.3 Å². The molecule has 0 aliphatic heterocycles. The van der Waals surface area contributed by atoms with Crippen LogP contribution in [0.1, 0.15) is 16.3 Å². The van der Waals surface area contributed by atoms with Gasteiger partial charge in [0, 0.05) is 45.0 Å². The lowest BCUT2D eigenvalue weighted by atomic mass is 10.2. The fourth-order valence-electron chi connectivity index (χ4n) is 2.40. The minimum atomic E-state index is -4.38. The van der Waals surface area contributed by atoms with E-state index in [2.05, 4.69) is 37.6 Å². The molecule has 1 aromatic heterocycles. The number of aromatic nitrogens is 1. The molecule has 28 heavy (non-hydrogen) atoms. The predicted octanol–water partition coefficient (Wildman–Crippen LogP) is 3.62. The lowest BCUT2D eigenvalue weighted by Gasteiger charge is -2.18. The highest BCUT2D eigenvalue weighted by Crippen LogP contribution is 2.29. The van der Waals surface area contributed by atoms with Crippen molar-refractivity contribution in [3.63, 3.8) is 0 Å². The Labute approximate surface area is 184 Å². The monoisotopic (exact) mass is 527 g/mol. The molecular formula is C18H25F3IN5S. The van der Waals surface area contributed by atoms with Crippen LogP contribution < -0.4 is 10.6 Å². The van der Waals surface area contributed by atoms with Crippen LogP contribution in [0.4, 0.5) is 13.2 Å². The van der Waals surface area contributed by atoms with Crippen LogP contribution in [0.5, 0.6) is 0 Å². The van der Waals surface area contributed by atoms with Crippen molar-refractivity contribution < 1.29 is 13.2 Å². The number of hydrogen-bond acceptors (Lipinski definition) is 4. The third-order valence-corrected chi connectivity index (χ3v) is 4.69. The molecule has 1 heterocycles. The SMILES string of the molecule is CN=C(NCCc1nc(C(F)(F)F)cs1)NCCN(C)Cc1ccccc1.I. The summed E-state index contributed by atoms with van der Waals surface area (Å²) in [5.41, 5.74) is 0.427. The van der Waals surface area contributed by atoms with Gasteiger partial charge in [-0.1, -0.05) is 30.3 Å². The van der Waals surface area contributed by atoms with Gasteiger partial charge in [0.2, 0.25) is 0 Å². The molecule has 0 saturated carbocycles. The van der Waals surface area contributed by atoms with Crippen molar-refractivity contribution in [2.45, 2.75) is 19.1 Å². The molecule has 0 radical (unpaired) electrons. The molecule has 0 bridgehead atoms. The predicted molar refractivity (Wildman–Crippen MR) is 118 cm³/mol. The van der Waals surface area contributed by atoms with E-state index in [0.717, 1.165) is 29.8 Å². The summed E-state index contributed by atoms with van der Waals surface area (Å²) in [5.74, 6) is 0.621. The summed E-state index contributed by atoms with van der Waals surface area (Å²) in [5, 5.41) is 7.80. The van der Waals surface area contributed by atoms with Gasteiger partial charge in [-0.25, -0.2) is 4.98 Å². The van der Waals surface area contributed by atoms with Crippen molar-refractivity contribution in [1.82, 2.24) is 20.5 Å². The largest absolute Gasteiger partial charge is 0.434 e. The zero-order valence-corrected chi connectivity index (χ0v) is 18.9. The van der Waals surface area contributed by atoms with Crippen molar-refractivity contribution >= 4 is 41.3 Å². The first-order valence-electron chi connectivity index (χ1n) is 8.57. The minimum absolute atomic E-state index is 0. The molecule has 0 unspecified atom stereocenters. The van der Waals surface area contributed by atoms with Gasteiger partial charge >= 0.3 is 6.18 Å². The third kappa shape index (κ3) is 8.74. The molecule has 0 aliphatic carbocycles. The Morgan fingerprint density at radius 1 is 1.18 bits per heavy atom. The van der Waals surface area contributed by atoms with Crippen LogP contribution >= 0.6 is 35.3 Å². The third-order valence-electron chi connectivity index (χ3n) is 3.78. The summed E-state index contributed by atoms with van der Waals surface area (Å²) in [7, 11) is 3.71. The maximum absolute atomic E-state index is 12.5. The fourth-order valence-corrected chi connectivity index (χ4v) is 3.21. The fraction of sp³-hybridized carbons (Fsp3) is 0.444. The summed E-state index contributed by atoms with van der Waals surface area (Å²) in [6, 6.07) is 10.2. The van der Waals surface area contributed by atoms with Crippen molar-refractivity contribution in [2.75, 3.05) is 33.7 Å². The van der Waals surface area contributed by atoms with Crippen molar-refractivity contribution in [1.29, 1.82) is 0 Å². The average molecular weight is 527 g/mol. The first-order valence-corrected chi connectivity index (χ1v) is 9.45. The van der Waals surface area contributed by atoms with Crippen LogP contribution in [0.15, 0.2) is 40.7 Å². The van der Waals surface area contributed by atoms with Crippen molar-refractivity contribution in [3.8, 4) is 0 Å². The van der Waals surface area contributed by atoms with E-state index in [4.69, 9.17) is 0 Å². The normalized spacial score (nSPS) is 12.0. The van der Waals surface area contributed by atoms with Gasteiger partial charge < -0.3 is 15.5 Å². The van der Waals surface area contributed by atoms with Gasteiger partial charge in [0.1, 0.15) is 0 Å². The molecule has 156 valence electrons. The molecule has 1 aromatic carbocycles. The highest BCUT2D eigenvalue weighted by molar-refractivity contribution is 14.0. The Kier molecular flexibility index (Phi) is 10.8. The quantitative estimate of drug-likeness (QED) is 0.313. The summed E-state index contributed by atoms with van der Waals surface area (Å²) >= 11 is 1.02. The highest BCUT2D eigenvalue weighted by atomic mass is 127. The van der Waals surface area contributed by atoms with Crippen molar-refractivity contribution in [2.24, 2.45) is 4.99 Å². The second-order valence-electron chi connectivity index (χ2n) is 6.02. The Morgan fingerprint density at radius 3 is 2.46 bits per heavy atom. The van der Waals surface area contributed by atoms with E-state index in [1.54, 1.807) is 7.05 Å². The lowest BCUT2D eigenvalue weighted by Crippen LogP contribution is -2.41. The summed E-state index contributed by atoms with van der Waals surface area (Å²) < 4.78 is 37.6. The standard InChI is InChI=1S/C18H24F3N5S.HI/c1-22-17(23-9-8-16-25-15(13-27-16)18(19,20)21)24-10-11-26(2)12-14-6-4-3-5-7-14;/h3-7,13H,8-12H2,1-2H3,(H2,22,23,24);1H. The zero-order chi connectivity index (χ0) is 19.7. The number of likely N-dealkylation sites (N-methyl/N-ethyl adjacent to an activating group) is 1. The zero-order valence-electron chi connectivity index (χ0n) is 15.8. The van der Waals surface area contributed by atoms with Crippen LogP contribution in [-0.2, 0) is 19.1 Å². The Bertz CT molecular complexity index is 722. The van der Waals surface area contributed by atoms with E-state index >= 15 is 0 Å². The number of nitrogens with zero attached hydrogens (tertiary/aromatic N) is 3. The Morgan fingerprint density at radius 2 is 1.86 bits per heavy atom.